The van der Waals surface area contributed by atoms with Gasteiger partial charge < -0.3 is 9.47 Å². The van der Waals surface area contributed by atoms with Gasteiger partial charge in [0.2, 0.25) is 0 Å². The molecule has 11 aromatic carbocycles. The van der Waals surface area contributed by atoms with Crippen molar-refractivity contribution < 1.29 is 0 Å². The number of rotatable bonds is 7. The predicted molar refractivity (Wildman–Crippen MR) is 264 cm³/mol. The molecule has 0 unspecified atom stereocenters. The molecule has 0 saturated carbocycles. The number of benzene rings is 11. The van der Waals surface area contributed by atoms with E-state index in [-0.39, 0.29) is 0 Å². The Bertz CT molecular complexity index is 3580. The first-order valence-electron chi connectivity index (χ1n) is 21.3. The summed E-state index contributed by atoms with van der Waals surface area (Å²) in [6.45, 7) is 0. The number of para-hydroxylation sites is 2. The Morgan fingerprint density at radius 3 is 1.32 bits per heavy atom. The molecule has 62 heavy (non-hydrogen) atoms. The first-order valence-corrected chi connectivity index (χ1v) is 21.3. The van der Waals surface area contributed by atoms with Crippen molar-refractivity contribution in [3.05, 3.63) is 243 Å². The number of hydrogen-bond donors (Lipinski definition) is 0. The average Bonchev–Trinajstić information content (AvgIpc) is 3.68. The molecule has 0 aliphatic rings. The second-order valence-corrected chi connectivity index (χ2v) is 16.1. The number of aromatic nitrogens is 1. The number of nitrogens with zero attached hydrogens (tertiary/aromatic N) is 2. The predicted octanol–water partition coefficient (Wildman–Crippen LogP) is 16.7. The van der Waals surface area contributed by atoms with Crippen molar-refractivity contribution >= 4 is 71.2 Å². The first kappa shape index (κ1) is 35.7. The molecule has 0 spiro atoms. The summed E-state index contributed by atoms with van der Waals surface area (Å²) < 4.78 is 2.41. The van der Waals surface area contributed by atoms with E-state index in [2.05, 4.69) is 252 Å². The highest BCUT2D eigenvalue weighted by Crippen LogP contribution is 2.46. The summed E-state index contributed by atoms with van der Waals surface area (Å²) in [4.78, 5) is 2.47. The highest BCUT2D eigenvalue weighted by molar-refractivity contribution is 6.10. The molecule has 1 aromatic heterocycles. The Labute approximate surface area is 360 Å². The van der Waals surface area contributed by atoms with E-state index >= 15 is 0 Å². The van der Waals surface area contributed by atoms with Gasteiger partial charge in [-0.25, -0.2) is 0 Å². The van der Waals surface area contributed by atoms with Crippen LogP contribution in [-0.4, -0.2) is 4.57 Å². The fraction of sp³-hybridized carbons (Fsp3) is 0. The van der Waals surface area contributed by atoms with Crippen LogP contribution in [0.5, 0.6) is 0 Å². The highest BCUT2D eigenvalue weighted by atomic mass is 15.1. The molecule has 0 radical (unpaired) electrons. The molecule has 1 heterocycles. The van der Waals surface area contributed by atoms with Gasteiger partial charge in [0.1, 0.15) is 0 Å². The Kier molecular flexibility index (Phi) is 8.53. The lowest BCUT2D eigenvalue weighted by molar-refractivity contribution is 1.17. The van der Waals surface area contributed by atoms with E-state index in [1.54, 1.807) is 0 Å². The first-order chi connectivity index (χ1) is 30.8. The Morgan fingerprint density at radius 1 is 0.274 bits per heavy atom. The van der Waals surface area contributed by atoms with Crippen LogP contribution in [0.1, 0.15) is 0 Å². The van der Waals surface area contributed by atoms with Gasteiger partial charge in [-0.1, -0.05) is 194 Å². The molecule has 0 amide bonds. The van der Waals surface area contributed by atoms with Crippen molar-refractivity contribution in [3.63, 3.8) is 0 Å². The van der Waals surface area contributed by atoms with Crippen molar-refractivity contribution in [2.45, 2.75) is 0 Å². The Hall–Kier alpha value is -8.20. The Balaban J connectivity index is 1.13. The van der Waals surface area contributed by atoms with Crippen LogP contribution in [0.25, 0.3) is 93.2 Å². The minimum atomic E-state index is 1.07. The van der Waals surface area contributed by atoms with Gasteiger partial charge >= 0.3 is 0 Å². The lowest BCUT2D eigenvalue weighted by Crippen LogP contribution is -2.12. The van der Waals surface area contributed by atoms with E-state index in [1.807, 2.05) is 0 Å². The summed E-state index contributed by atoms with van der Waals surface area (Å²) in [5.74, 6) is 0. The van der Waals surface area contributed by atoms with Gasteiger partial charge in [-0.2, -0.15) is 0 Å². The second-order valence-electron chi connectivity index (χ2n) is 16.1. The molecule has 12 aromatic rings. The van der Waals surface area contributed by atoms with E-state index < -0.39 is 0 Å². The van der Waals surface area contributed by atoms with E-state index in [0.29, 0.717) is 0 Å². The van der Waals surface area contributed by atoms with E-state index in [1.165, 1.54) is 76.4 Å². The molecule has 0 bridgehead atoms. The van der Waals surface area contributed by atoms with Crippen LogP contribution in [-0.2, 0) is 0 Å². The third kappa shape index (κ3) is 5.96. The normalized spacial score (nSPS) is 11.5. The van der Waals surface area contributed by atoms with Crippen LogP contribution >= 0.6 is 0 Å². The summed E-state index contributed by atoms with van der Waals surface area (Å²) in [6, 6.07) is 88.7. The maximum absolute atomic E-state index is 2.47. The quantitative estimate of drug-likeness (QED) is 0.156. The molecule has 0 fully saturated rings. The summed E-state index contributed by atoms with van der Waals surface area (Å²) in [6.07, 6.45) is 0. The fourth-order valence-corrected chi connectivity index (χ4v) is 9.72. The van der Waals surface area contributed by atoms with Crippen molar-refractivity contribution in [3.8, 4) is 39.1 Å². The topological polar surface area (TPSA) is 8.17 Å². The van der Waals surface area contributed by atoms with Gasteiger partial charge in [0, 0.05) is 33.4 Å². The largest absolute Gasteiger partial charge is 0.310 e. The highest BCUT2D eigenvalue weighted by Gasteiger charge is 2.22. The molecule has 0 N–H and O–H groups in total. The average molecular weight is 789 g/mol. The molecule has 290 valence electrons. The van der Waals surface area contributed by atoms with Gasteiger partial charge in [0.15, 0.2) is 0 Å². The van der Waals surface area contributed by atoms with Crippen molar-refractivity contribution in [1.29, 1.82) is 0 Å². The molecule has 0 aliphatic heterocycles. The summed E-state index contributed by atoms with van der Waals surface area (Å²) in [7, 11) is 0. The van der Waals surface area contributed by atoms with Gasteiger partial charge in [-0.15, -0.1) is 0 Å². The zero-order valence-corrected chi connectivity index (χ0v) is 34.0. The lowest BCUT2D eigenvalue weighted by atomic mass is 9.92. The van der Waals surface area contributed by atoms with Gasteiger partial charge in [0.25, 0.3) is 0 Å². The van der Waals surface area contributed by atoms with Crippen molar-refractivity contribution in [1.82, 2.24) is 4.57 Å². The SMILES string of the molecule is c1cc(N(c2ccc(-c3cccc4ccccc34)cc2)c2cc(-c3cccc4ccccc34)ccc2-c2cccc3ccccc23)cc(-n2c3ccccc3c3ccccc32)c1. The van der Waals surface area contributed by atoms with Crippen molar-refractivity contribution in [2.24, 2.45) is 0 Å². The zero-order chi connectivity index (χ0) is 41.0. The van der Waals surface area contributed by atoms with Gasteiger partial charge in [0.05, 0.1) is 16.7 Å². The minimum absolute atomic E-state index is 1.07. The van der Waals surface area contributed by atoms with Crippen LogP contribution in [0.3, 0.4) is 0 Å². The minimum Gasteiger partial charge on any atom is -0.310 e. The van der Waals surface area contributed by atoms with Gasteiger partial charge in [-0.3, -0.25) is 0 Å². The number of fused-ring (bicyclic) bond motifs is 6. The zero-order valence-electron chi connectivity index (χ0n) is 34.0. The van der Waals surface area contributed by atoms with Crippen LogP contribution in [0.2, 0.25) is 0 Å². The summed E-state index contributed by atoms with van der Waals surface area (Å²) in [5.41, 5.74) is 13.9. The molecule has 2 nitrogen and oxygen atoms in total. The van der Waals surface area contributed by atoms with E-state index in [0.717, 1.165) is 33.9 Å². The van der Waals surface area contributed by atoms with Crippen LogP contribution in [0.4, 0.5) is 17.1 Å². The maximum atomic E-state index is 2.47. The second kappa shape index (κ2) is 14.8. The van der Waals surface area contributed by atoms with Gasteiger partial charge in [-0.05, 0) is 109 Å². The number of anilines is 3. The molecule has 0 saturated heterocycles. The van der Waals surface area contributed by atoms with Crippen LogP contribution in [0.15, 0.2) is 243 Å². The molecule has 0 aliphatic carbocycles. The summed E-state index contributed by atoms with van der Waals surface area (Å²) in [5, 5.41) is 9.88. The fourth-order valence-electron chi connectivity index (χ4n) is 9.72. The maximum Gasteiger partial charge on any atom is 0.0546 e. The third-order valence-electron chi connectivity index (χ3n) is 12.6. The van der Waals surface area contributed by atoms with E-state index in [4.69, 9.17) is 0 Å². The summed E-state index contributed by atoms with van der Waals surface area (Å²) >= 11 is 0. The smallest absolute Gasteiger partial charge is 0.0546 e. The van der Waals surface area contributed by atoms with Crippen LogP contribution < -0.4 is 4.90 Å². The molecular weight excluding hydrogens is 749 g/mol. The Morgan fingerprint density at radius 2 is 0.726 bits per heavy atom. The third-order valence-corrected chi connectivity index (χ3v) is 12.6. The standard InChI is InChI=1S/C60H40N2/c1-4-23-49-41(15-1)18-11-28-51(49)44-33-36-46(37-34-44)61(47-21-14-22-48(40-47)62-58-31-9-7-26-55(58)56-27-8-10-32-59(56)62)60-39-45(53-29-12-19-42-16-2-5-24-50(42)53)35-38-57(60)54-30-13-20-43-17-3-6-25-52(43)54/h1-40H. The molecule has 2 heteroatoms. The van der Waals surface area contributed by atoms with E-state index in [9.17, 15) is 0 Å². The lowest BCUT2D eigenvalue weighted by Gasteiger charge is -2.29. The molecular formula is C60H40N2. The van der Waals surface area contributed by atoms with Crippen LogP contribution in [0, 0.1) is 0 Å². The molecule has 12 rings (SSSR count). The monoisotopic (exact) mass is 788 g/mol. The van der Waals surface area contributed by atoms with Crippen molar-refractivity contribution in [2.75, 3.05) is 4.90 Å². The molecule has 0 atom stereocenters. The number of hydrogen-bond acceptors (Lipinski definition) is 1.